The molecule has 4 N–H and O–H groups in total. The molecule has 0 spiro atoms. The van der Waals surface area contributed by atoms with Gasteiger partial charge >= 0.3 is 5.97 Å². The number of carbonyl (C=O) groups excluding carboxylic acids is 3. The molecule has 1 rings (SSSR count). The number of carboxylic acid groups (broad SMARTS) is 1. The summed E-state index contributed by atoms with van der Waals surface area (Å²) in [6, 6.07) is 1.53. The summed E-state index contributed by atoms with van der Waals surface area (Å²) in [5, 5.41) is 11.0. The summed E-state index contributed by atoms with van der Waals surface area (Å²) in [5.41, 5.74) is 4.89. The standard InChI is InChI=1S/C12H15N3O6/c1-15(11(18)8-3-2-4-21-8)6-10(17)14-7(12(19)20)5-9(13)16/h2-4,7H,5-6H2,1H3,(H2,13,16)(H,14,17)(H,19,20)/t7-/m1/s1. The maximum Gasteiger partial charge on any atom is 0.326 e. The zero-order valence-corrected chi connectivity index (χ0v) is 11.2. The molecule has 1 heterocycles. The molecule has 9 nitrogen and oxygen atoms in total. The lowest BCUT2D eigenvalue weighted by atomic mass is 10.2. The molecule has 0 fully saturated rings. The molecule has 1 atom stereocenters. The molecule has 0 saturated heterocycles. The molecule has 21 heavy (non-hydrogen) atoms. The van der Waals surface area contributed by atoms with Gasteiger partial charge in [-0.2, -0.15) is 0 Å². The Kier molecular flexibility index (Phi) is 5.47. The normalized spacial score (nSPS) is 11.5. The van der Waals surface area contributed by atoms with Gasteiger partial charge in [-0.25, -0.2) is 4.79 Å². The van der Waals surface area contributed by atoms with Crippen molar-refractivity contribution in [2.75, 3.05) is 13.6 Å². The summed E-state index contributed by atoms with van der Waals surface area (Å²) in [6.07, 6.45) is 0.783. The van der Waals surface area contributed by atoms with Crippen LogP contribution in [-0.4, -0.2) is 53.3 Å². The fourth-order valence-corrected chi connectivity index (χ4v) is 1.52. The minimum absolute atomic E-state index is 0.0530. The fourth-order valence-electron chi connectivity index (χ4n) is 1.52. The molecule has 1 aromatic heterocycles. The molecule has 114 valence electrons. The van der Waals surface area contributed by atoms with Crippen molar-refractivity contribution in [3.05, 3.63) is 24.2 Å². The van der Waals surface area contributed by atoms with E-state index < -0.39 is 36.2 Å². The van der Waals surface area contributed by atoms with Crippen LogP contribution in [-0.2, 0) is 14.4 Å². The van der Waals surface area contributed by atoms with Crippen LogP contribution < -0.4 is 11.1 Å². The van der Waals surface area contributed by atoms with E-state index in [0.717, 1.165) is 4.90 Å². The second-order valence-corrected chi connectivity index (χ2v) is 4.27. The van der Waals surface area contributed by atoms with Crippen LogP contribution in [0.3, 0.4) is 0 Å². The molecule has 0 aliphatic rings. The van der Waals surface area contributed by atoms with E-state index in [2.05, 4.69) is 5.32 Å². The van der Waals surface area contributed by atoms with E-state index in [9.17, 15) is 19.2 Å². The topological polar surface area (TPSA) is 143 Å². The lowest BCUT2D eigenvalue weighted by Gasteiger charge is -2.18. The molecule has 1 aromatic rings. The SMILES string of the molecule is CN(CC(=O)N[C@H](CC(N)=O)C(=O)O)C(=O)c1ccco1. The quantitative estimate of drug-likeness (QED) is 0.576. The van der Waals surface area contributed by atoms with E-state index in [1.54, 1.807) is 0 Å². The third-order valence-corrected chi connectivity index (χ3v) is 2.50. The van der Waals surface area contributed by atoms with Crippen molar-refractivity contribution in [1.29, 1.82) is 0 Å². The zero-order chi connectivity index (χ0) is 16.0. The van der Waals surface area contributed by atoms with E-state index in [-0.39, 0.29) is 12.3 Å². The number of hydrogen-bond acceptors (Lipinski definition) is 5. The van der Waals surface area contributed by atoms with Crippen LogP contribution in [0.25, 0.3) is 0 Å². The monoisotopic (exact) mass is 297 g/mol. The van der Waals surface area contributed by atoms with Crippen LogP contribution in [0.5, 0.6) is 0 Å². The smallest absolute Gasteiger partial charge is 0.326 e. The fraction of sp³-hybridized carbons (Fsp3) is 0.333. The van der Waals surface area contributed by atoms with E-state index in [1.165, 1.54) is 25.4 Å². The number of furan rings is 1. The first-order valence-corrected chi connectivity index (χ1v) is 5.90. The first kappa shape index (κ1) is 16.2. The number of carbonyl (C=O) groups is 4. The average molecular weight is 297 g/mol. The molecule has 0 aliphatic carbocycles. The number of nitrogens with two attached hydrogens (primary N) is 1. The van der Waals surface area contributed by atoms with Gasteiger partial charge in [0.05, 0.1) is 19.2 Å². The van der Waals surface area contributed by atoms with Crippen LogP contribution in [0.15, 0.2) is 22.8 Å². The molecule has 0 saturated carbocycles. The molecular weight excluding hydrogens is 282 g/mol. The number of primary amides is 1. The Morgan fingerprint density at radius 1 is 1.43 bits per heavy atom. The Labute approximate surface area is 119 Å². The first-order valence-electron chi connectivity index (χ1n) is 5.90. The van der Waals surface area contributed by atoms with Crippen molar-refractivity contribution in [3.8, 4) is 0 Å². The number of likely N-dealkylation sites (N-methyl/N-ethyl adjacent to an activating group) is 1. The van der Waals surface area contributed by atoms with E-state index in [0.29, 0.717) is 0 Å². The molecule has 0 bridgehead atoms. The predicted molar refractivity (Wildman–Crippen MR) is 69.0 cm³/mol. The maximum absolute atomic E-state index is 11.8. The lowest BCUT2D eigenvalue weighted by molar-refractivity contribution is -0.143. The highest BCUT2D eigenvalue weighted by molar-refractivity contribution is 5.95. The van der Waals surface area contributed by atoms with Crippen LogP contribution in [0.1, 0.15) is 17.0 Å². The van der Waals surface area contributed by atoms with Crippen LogP contribution >= 0.6 is 0 Å². The number of nitrogens with zero attached hydrogens (tertiary/aromatic N) is 1. The number of carboxylic acids is 1. The van der Waals surface area contributed by atoms with Gasteiger partial charge < -0.3 is 25.5 Å². The van der Waals surface area contributed by atoms with E-state index in [1.807, 2.05) is 0 Å². The maximum atomic E-state index is 11.8. The summed E-state index contributed by atoms with van der Waals surface area (Å²) in [7, 11) is 1.36. The van der Waals surface area contributed by atoms with Gasteiger partial charge in [-0.05, 0) is 12.1 Å². The van der Waals surface area contributed by atoms with Crippen molar-refractivity contribution in [2.24, 2.45) is 5.73 Å². The predicted octanol–water partition coefficient (Wildman–Crippen LogP) is -1.20. The van der Waals surface area contributed by atoms with Gasteiger partial charge in [0, 0.05) is 7.05 Å². The number of aliphatic carboxylic acids is 1. The van der Waals surface area contributed by atoms with Gasteiger partial charge in [0.1, 0.15) is 6.04 Å². The highest BCUT2D eigenvalue weighted by Gasteiger charge is 2.24. The summed E-state index contributed by atoms with van der Waals surface area (Å²) >= 11 is 0. The molecule has 3 amide bonds. The number of rotatable bonds is 7. The Balaban J connectivity index is 2.57. The van der Waals surface area contributed by atoms with Crippen molar-refractivity contribution in [3.63, 3.8) is 0 Å². The molecular formula is C12H15N3O6. The third kappa shape index (κ3) is 4.97. The summed E-state index contributed by atoms with van der Waals surface area (Å²) in [4.78, 5) is 46.1. The Bertz CT molecular complexity index is 539. The molecule has 0 aliphatic heterocycles. The van der Waals surface area contributed by atoms with Crippen molar-refractivity contribution in [1.82, 2.24) is 10.2 Å². The van der Waals surface area contributed by atoms with Crippen LogP contribution in [0, 0.1) is 0 Å². The highest BCUT2D eigenvalue weighted by Crippen LogP contribution is 2.03. The van der Waals surface area contributed by atoms with Crippen molar-refractivity contribution >= 4 is 23.7 Å². The van der Waals surface area contributed by atoms with E-state index in [4.69, 9.17) is 15.3 Å². The highest BCUT2D eigenvalue weighted by atomic mass is 16.4. The largest absolute Gasteiger partial charge is 0.480 e. The Morgan fingerprint density at radius 3 is 2.57 bits per heavy atom. The Morgan fingerprint density at radius 2 is 2.10 bits per heavy atom. The molecule has 0 aromatic carbocycles. The minimum Gasteiger partial charge on any atom is -0.480 e. The minimum atomic E-state index is -1.43. The van der Waals surface area contributed by atoms with Gasteiger partial charge in [0.25, 0.3) is 5.91 Å². The summed E-state index contributed by atoms with van der Waals surface area (Å²) < 4.78 is 4.89. The summed E-state index contributed by atoms with van der Waals surface area (Å²) in [6.45, 7) is -0.387. The number of amides is 3. The lowest BCUT2D eigenvalue weighted by Crippen LogP contribution is -2.47. The van der Waals surface area contributed by atoms with Gasteiger partial charge in [-0.3, -0.25) is 14.4 Å². The first-order chi connectivity index (χ1) is 9.81. The number of nitrogens with one attached hydrogen (secondary N) is 1. The van der Waals surface area contributed by atoms with E-state index >= 15 is 0 Å². The molecule has 9 heteroatoms. The second kappa shape index (κ2) is 7.08. The van der Waals surface area contributed by atoms with Crippen LogP contribution in [0.2, 0.25) is 0 Å². The van der Waals surface area contributed by atoms with Gasteiger partial charge in [-0.1, -0.05) is 0 Å². The van der Waals surface area contributed by atoms with Crippen molar-refractivity contribution in [2.45, 2.75) is 12.5 Å². The summed E-state index contributed by atoms with van der Waals surface area (Å²) in [5.74, 6) is -3.45. The van der Waals surface area contributed by atoms with Gasteiger partial charge in [-0.15, -0.1) is 0 Å². The molecule has 0 unspecified atom stereocenters. The van der Waals surface area contributed by atoms with Crippen molar-refractivity contribution < 1.29 is 28.7 Å². The third-order valence-electron chi connectivity index (χ3n) is 2.50. The second-order valence-electron chi connectivity index (χ2n) is 4.27. The van der Waals surface area contributed by atoms with Crippen LogP contribution in [0.4, 0.5) is 0 Å². The molecule has 0 radical (unpaired) electrons. The average Bonchev–Trinajstić information content (AvgIpc) is 2.89. The Hall–Kier alpha value is -2.84. The van der Waals surface area contributed by atoms with Gasteiger partial charge in [0.2, 0.25) is 11.8 Å². The zero-order valence-electron chi connectivity index (χ0n) is 11.2. The van der Waals surface area contributed by atoms with Gasteiger partial charge in [0.15, 0.2) is 5.76 Å². The number of hydrogen-bond donors (Lipinski definition) is 3.